The minimum atomic E-state index is -0.271. The lowest BCUT2D eigenvalue weighted by molar-refractivity contribution is 0.0951. The predicted molar refractivity (Wildman–Crippen MR) is 53.6 cm³/mol. The van der Waals surface area contributed by atoms with E-state index < -0.39 is 0 Å². The molecule has 0 atom stereocenters. The third-order valence-electron chi connectivity index (χ3n) is 1.47. The van der Waals surface area contributed by atoms with Crippen LogP contribution in [0.2, 0.25) is 4.47 Å². The van der Waals surface area contributed by atoms with Crippen LogP contribution >= 0.6 is 22.9 Å². The molecule has 0 fully saturated rings. The zero-order chi connectivity index (χ0) is 10.4. The first-order chi connectivity index (χ1) is 6.74. The van der Waals surface area contributed by atoms with Crippen molar-refractivity contribution in [3.63, 3.8) is 0 Å². The van der Waals surface area contributed by atoms with E-state index in [0.717, 1.165) is 17.8 Å². The monoisotopic (exact) mass is 235 g/mol. The second-order valence-corrected chi connectivity index (χ2v) is 4.11. The lowest BCUT2D eigenvalue weighted by Gasteiger charge is -2.00. The Morgan fingerprint density at radius 3 is 2.86 bits per heavy atom. The quantitative estimate of drug-likeness (QED) is 0.737. The summed E-state index contributed by atoms with van der Waals surface area (Å²) in [6.07, 6.45) is 1.42. The van der Waals surface area contributed by atoms with E-state index >= 15 is 0 Å². The fourth-order valence-electron chi connectivity index (χ4n) is 0.811. The Morgan fingerprint density at radius 1 is 1.50 bits per heavy atom. The van der Waals surface area contributed by atoms with Gasteiger partial charge < -0.3 is 10.4 Å². The molecule has 0 radical (unpaired) electrons. The van der Waals surface area contributed by atoms with Crippen LogP contribution in [-0.4, -0.2) is 34.4 Å². The van der Waals surface area contributed by atoms with Gasteiger partial charge in [0.25, 0.3) is 5.91 Å². The highest BCUT2D eigenvalue weighted by atomic mass is 35.5. The molecule has 7 heteroatoms. The number of carbonyl (C=O) groups excluding carboxylic acids is 1. The maximum Gasteiger partial charge on any atom is 0.282 e. The Labute approximate surface area is 90.1 Å². The van der Waals surface area contributed by atoms with E-state index in [9.17, 15) is 4.79 Å². The summed E-state index contributed by atoms with van der Waals surface area (Å²) in [6.45, 7) is 0.664. The van der Waals surface area contributed by atoms with E-state index in [2.05, 4.69) is 15.5 Å². The number of carbonyl (C=O) groups is 1. The molecule has 0 spiro atoms. The van der Waals surface area contributed by atoms with Crippen LogP contribution < -0.4 is 5.32 Å². The Bertz CT molecular complexity index is 305. The topological polar surface area (TPSA) is 75.1 Å². The molecular formula is C7H10ClN3O2S. The molecule has 0 saturated heterocycles. The van der Waals surface area contributed by atoms with Gasteiger partial charge in [-0.15, -0.1) is 10.2 Å². The molecule has 1 rings (SSSR count). The number of aromatic nitrogens is 2. The van der Waals surface area contributed by atoms with Crippen molar-refractivity contribution in [1.29, 1.82) is 0 Å². The Morgan fingerprint density at radius 2 is 2.29 bits per heavy atom. The van der Waals surface area contributed by atoms with Crippen LogP contribution in [0.5, 0.6) is 0 Å². The van der Waals surface area contributed by atoms with Gasteiger partial charge in [0.2, 0.25) is 9.47 Å². The van der Waals surface area contributed by atoms with E-state index in [1.807, 2.05) is 0 Å². The van der Waals surface area contributed by atoms with Crippen LogP contribution in [0.25, 0.3) is 0 Å². The van der Waals surface area contributed by atoms with Gasteiger partial charge in [-0.25, -0.2) is 0 Å². The molecule has 0 aliphatic rings. The number of halogens is 1. The van der Waals surface area contributed by atoms with Crippen LogP contribution in [-0.2, 0) is 0 Å². The second-order valence-electron chi connectivity index (χ2n) is 2.55. The smallest absolute Gasteiger partial charge is 0.282 e. The maximum absolute atomic E-state index is 11.3. The average Bonchev–Trinajstić information content (AvgIpc) is 2.59. The summed E-state index contributed by atoms with van der Waals surface area (Å²) in [6, 6.07) is 0. The van der Waals surface area contributed by atoms with Gasteiger partial charge >= 0.3 is 0 Å². The van der Waals surface area contributed by atoms with Crippen molar-refractivity contribution in [2.75, 3.05) is 13.2 Å². The highest BCUT2D eigenvalue weighted by Gasteiger charge is 2.10. The average molecular weight is 236 g/mol. The van der Waals surface area contributed by atoms with E-state index in [1.165, 1.54) is 0 Å². The van der Waals surface area contributed by atoms with Crippen LogP contribution in [0.1, 0.15) is 22.6 Å². The Hall–Kier alpha value is -0.720. The molecule has 1 aromatic heterocycles. The van der Waals surface area contributed by atoms with Gasteiger partial charge in [-0.05, 0) is 24.4 Å². The summed E-state index contributed by atoms with van der Waals surface area (Å²) in [5, 5.41) is 18.5. The zero-order valence-electron chi connectivity index (χ0n) is 7.36. The van der Waals surface area contributed by atoms with Crippen molar-refractivity contribution in [3.05, 3.63) is 9.47 Å². The summed E-state index contributed by atoms with van der Waals surface area (Å²) in [5.74, 6) is -0.271. The maximum atomic E-state index is 11.3. The van der Waals surface area contributed by atoms with Crippen LogP contribution in [0, 0.1) is 0 Å². The van der Waals surface area contributed by atoms with E-state index in [0.29, 0.717) is 13.0 Å². The van der Waals surface area contributed by atoms with Crippen LogP contribution in [0.3, 0.4) is 0 Å². The van der Waals surface area contributed by atoms with E-state index in [1.54, 1.807) is 0 Å². The molecule has 0 bridgehead atoms. The number of aliphatic hydroxyl groups excluding tert-OH is 1. The van der Waals surface area contributed by atoms with Gasteiger partial charge in [0.1, 0.15) is 0 Å². The van der Waals surface area contributed by atoms with Crippen molar-refractivity contribution in [3.8, 4) is 0 Å². The van der Waals surface area contributed by atoms with E-state index in [4.69, 9.17) is 16.7 Å². The summed E-state index contributed by atoms with van der Waals surface area (Å²) in [4.78, 5) is 11.3. The van der Waals surface area contributed by atoms with Crippen molar-refractivity contribution in [2.24, 2.45) is 0 Å². The fraction of sp³-hybridized carbons (Fsp3) is 0.571. The number of hydrogen-bond donors (Lipinski definition) is 2. The number of unbranched alkanes of at least 4 members (excludes halogenated alkanes) is 1. The third kappa shape index (κ3) is 3.57. The normalized spacial score (nSPS) is 10.1. The molecule has 1 heterocycles. The van der Waals surface area contributed by atoms with Crippen molar-refractivity contribution in [2.45, 2.75) is 12.8 Å². The SMILES string of the molecule is O=C(NCCCCO)c1nnc(Cl)s1. The summed E-state index contributed by atoms with van der Waals surface area (Å²) >= 11 is 6.56. The van der Waals surface area contributed by atoms with E-state index in [-0.39, 0.29) is 22.0 Å². The van der Waals surface area contributed by atoms with Gasteiger partial charge in [-0.1, -0.05) is 11.3 Å². The van der Waals surface area contributed by atoms with Gasteiger partial charge in [-0.3, -0.25) is 4.79 Å². The molecule has 0 unspecified atom stereocenters. The lowest BCUT2D eigenvalue weighted by Crippen LogP contribution is -2.24. The minimum absolute atomic E-state index is 0.139. The molecule has 78 valence electrons. The molecule has 1 amide bonds. The van der Waals surface area contributed by atoms with Crippen LogP contribution in [0.4, 0.5) is 0 Å². The first-order valence-corrected chi connectivity index (χ1v) is 5.31. The van der Waals surface area contributed by atoms with Crippen molar-refractivity contribution < 1.29 is 9.90 Å². The second kappa shape index (κ2) is 5.90. The van der Waals surface area contributed by atoms with Gasteiger partial charge in [0, 0.05) is 13.2 Å². The largest absolute Gasteiger partial charge is 0.396 e. The van der Waals surface area contributed by atoms with Gasteiger partial charge in [0.15, 0.2) is 0 Å². The number of aliphatic hydroxyl groups is 1. The van der Waals surface area contributed by atoms with Crippen molar-refractivity contribution in [1.82, 2.24) is 15.5 Å². The molecule has 0 aliphatic heterocycles. The van der Waals surface area contributed by atoms with Crippen molar-refractivity contribution >= 4 is 28.8 Å². The van der Waals surface area contributed by atoms with Gasteiger partial charge in [-0.2, -0.15) is 0 Å². The first kappa shape index (κ1) is 11.4. The predicted octanol–water partition coefficient (Wildman–Crippen LogP) is 0.694. The number of nitrogens with one attached hydrogen (secondary N) is 1. The fourth-order valence-corrected chi connectivity index (χ4v) is 1.56. The Balaban J connectivity index is 2.29. The molecular weight excluding hydrogens is 226 g/mol. The standard InChI is InChI=1S/C7H10ClN3O2S/c8-7-11-10-6(14-7)5(13)9-3-1-2-4-12/h12H,1-4H2,(H,9,13). The number of rotatable bonds is 5. The molecule has 0 saturated carbocycles. The molecule has 2 N–H and O–H groups in total. The number of nitrogens with zero attached hydrogens (tertiary/aromatic N) is 2. The first-order valence-electron chi connectivity index (χ1n) is 4.12. The highest BCUT2D eigenvalue weighted by molar-refractivity contribution is 7.17. The van der Waals surface area contributed by atoms with Crippen LogP contribution in [0.15, 0.2) is 0 Å². The molecule has 0 aromatic carbocycles. The minimum Gasteiger partial charge on any atom is -0.396 e. The zero-order valence-corrected chi connectivity index (χ0v) is 8.94. The highest BCUT2D eigenvalue weighted by Crippen LogP contribution is 2.14. The summed E-state index contributed by atoms with van der Waals surface area (Å²) in [7, 11) is 0. The molecule has 0 aliphatic carbocycles. The number of hydrogen-bond acceptors (Lipinski definition) is 5. The van der Waals surface area contributed by atoms with Gasteiger partial charge in [0.05, 0.1) is 0 Å². The third-order valence-corrected chi connectivity index (χ3v) is 2.48. The molecule has 1 aromatic rings. The number of amides is 1. The Kier molecular flexibility index (Phi) is 4.78. The molecule has 5 nitrogen and oxygen atoms in total. The lowest BCUT2D eigenvalue weighted by atomic mass is 10.3. The summed E-state index contributed by atoms with van der Waals surface area (Å²) in [5.41, 5.74) is 0. The summed E-state index contributed by atoms with van der Waals surface area (Å²) < 4.78 is 0.255. The molecule has 14 heavy (non-hydrogen) atoms.